The Labute approximate surface area is 114 Å². The fraction of sp³-hybridized carbons (Fsp3) is 0.250. The molecule has 0 aliphatic carbocycles. The smallest absolute Gasteiger partial charge is 0.261 e. The van der Waals surface area contributed by atoms with Crippen molar-refractivity contribution in [2.45, 2.75) is 6.54 Å². The van der Waals surface area contributed by atoms with Crippen molar-refractivity contribution in [2.24, 2.45) is 12.8 Å². The van der Waals surface area contributed by atoms with Crippen molar-refractivity contribution in [3.63, 3.8) is 0 Å². The molecule has 2 aromatic rings. The third-order valence-electron chi connectivity index (χ3n) is 2.36. The maximum absolute atomic E-state index is 11.9. The standard InChI is InChI=1S/C12H13N5OS/c1-17-8-15-16-11(17)7-14-12(18)10-5-4-9(19-10)3-2-6-13/h4-5,8H,6-7,13H2,1H3,(H,14,18). The van der Waals surface area contributed by atoms with Crippen molar-refractivity contribution < 1.29 is 4.79 Å². The molecule has 2 heterocycles. The van der Waals surface area contributed by atoms with E-state index in [-0.39, 0.29) is 5.91 Å². The average Bonchev–Trinajstić information content (AvgIpc) is 3.03. The molecular weight excluding hydrogens is 262 g/mol. The van der Waals surface area contributed by atoms with Gasteiger partial charge in [-0.15, -0.1) is 21.5 Å². The zero-order valence-corrected chi connectivity index (χ0v) is 11.2. The summed E-state index contributed by atoms with van der Waals surface area (Å²) in [4.78, 5) is 13.3. The Morgan fingerprint density at radius 1 is 1.58 bits per heavy atom. The number of nitrogens with two attached hydrogens (primary N) is 1. The predicted octanol–water partition coefficient (Wildman–Crippen LogP) is 0.117. The number of thiophene rings is 1. The summed E-state index contributed by atoms with van der Waals surface area (Å²) < 4.78 is 1.76. The largest absolute Gasteiger partial charge is 0.344 e. The van der Waals surface area contributed by atoms with Crippen LogP contribution in [-0.4, -0.2) is 27.2 Å². The minimum Gasteiger partial charge on any atom is -0.344 e. The number of rotatable bonds is 3. The van der Waals surface area contributed by atoms with Crippen LogP contribution in [0.5, 0.6) is 0 Å². The fourth-order valence-corrected chi connectivity index (χ4v) is 2.18. The molecule has 0 unspecified atom stereocenters. The van der Waals surface area contributed by atoms with Crippen molar-refractivity contribution >= 4 is 17.2 Å². The Morgan fingerprint density at radius 3 is 3.11 bits per heavy atom. The summed E-state index contributed by atoms with van der Waals surface area (Å²) >= 11 is 1.34. The van der Waals surface area contributed by atoms with E-state index in [0.29, 0.717) is 23.8 Å². The van der Waals surface area contributed by atoms with Gasteiger partial charge in [-0.25, -0.2) is 0 Å². The SMILES string of the molecule is Cn1cnnc1CNC(=O)c1ccc(C#CCN)s1. The van der Waals surface area contributed by atoms with E-state index in [0.717, 1.165) is 4.88 Å². The second-order valence-electron chi connectivity index (χ2n) is 3.71. The molecule has 0 spiro atoms. The number of nitrogens with zero attached hydrogens (tertiary/aromatic N) is 3. The summed E-state index contributed by atoms with van der Waals surface area (Å²) in [6.45, 7) is 0.655. The fourth-order valence-electron chi connectivity index (χ4n) is 1.38. The lowest BCUT2D eigenvalue weighted by atomic mass is 10.4. The summed E-state index contributed by atoms with van der Waals surface area (Å²) in [5.41, 5.74) is 5.30. The average molecular weight is 275 g/mol. The molecule has 0 fully saturated rings. The number of carbonyl (C=O) groups excluding carboxylic acids is 1. The van der Waals surface area contributed by atoms with Crippen molar-refractivity contribution in [2.75, 3.05) is 6.54 Å². The lowest BCUT2D eigenvalue weighted by Gasteiger charge is -2.02. The Bertz CT molecular complexity index is 634. The molecule has 0 aliphatic heterocycles. The zero-order chi connectivity index (χ0) is 13.7. The van der Waals surface area contributed by atoms with Gasteiger partial charge >= 0.3 is 0 Å². The number of hydrogen-bond acceptors (Lipinski definition) is 5. The molecule has 2 rings (SSSR count). The van der Waals surface area contributed by atoms with Gasteiger partial charge in [-0.3, -0.25) is 4.79 Å². The minimum atomic E-state index is -0.145. The van der Waals surface area contributed by atoms with Crippen LogP contribution < -0.4 is 11.1 Å². The molecule has 0 aromatic carbocycles. The van der Waals surface area contributed by atoms with Crippen molar-refractivity contribution in [1.82, 2.24) is 20.1 Å². The van der Waals surface area contributed by atoms with Gasteiger partial charge < -0.3 is 15.6 Å². The van der Waals surface area contributed by atoms with Crippen LogP contribution in [0.25, 0.3) is 0 Å². The Morgan fingerprint density at radius 2 is 2.42 bits per heavy atom. The van der Waals surface area contributed by atoms with Gasteiger partial charge in [0.2, 0.25) is 0 Å². The number of aryl methyl sites for hydroxylation is 1. The molecule has 0 saturated heterocycles. The first kappa shape index (κ1) is 13.3. The van der Waals surface area contributed by atoms with Gasteiger partial charge in [0.1, 0.15) is 6.33 Å². The van der Waals surface area contributed by atoms with E-state index in [2.05, 4.69) is 27.4 Å². The van der Waals surface area contributed by atoms with Crippen LogP contribution in [0.3, 0.4) is 0 Å². The molecule has 0 bridgehead atoms. The molecule has 0 aliphatic rings. The third kappa shape index (κ3) is 3.40. The molecule has 0 saturated carbocycles. The van der Waals surface area contributed by atoms with Gasteiger partial charge in [0.15, 0.2) is 5.82 Å². The Kier molecular flexibility index (Phi) is 4.28. The molecule has 6 nitrogen and oxygen atoms in total. The van der Waals surface area contributed by atoms with Crippen LogP contribution in [-0.2, 0) is 13.6 Å². The van der Waals surface area contributed by atoms with Gasteiger partial charge in [0, 0.05) is 7.05 Å². The number of amides is 1. The number of carbonyl (C=O) groups is 1. The predicted molar refractivity (Wildman–Crippen MR) is 72.4 cm³/mol. The van der Waals surface area contributed by atoms with E-state index in [4.69, 9.17) is 5.73 Å². The highest BCUT2D eigenvalue weighted by Gasteiger charge is 2.09. The van der Waals surface area contributed by atoms with Crippen molar-refractivity contribution in [3.8, 4) is 11.8 Å². The molecule has 3 N–H and O–H groups in total. The maximum Gasteiger partial charge on any atom is 0.261 e. The quantitative estimate of drug-likeness (QED) is 0.779. The lowest BCUT2D eigenvalue weighted by molar-refractivity contribution is 0.0953. The molecule has 98 valence electrons. The second-order valence-corrected chi connectivity index (χ2v) is 4.79. The summed E-state index contributed by atoms with van der Waals surface area (Å²) in [6, 6.07) is 3.56. The van der Waals surface area contributed by atoms with E-state index < -0.39 is 0 Å². The maximum atomic E-state index is 11.9. The molecular formula is C12H13N5OS. The topological polar surface area (TPSA) is 85.8 Å². The van der Waals surface area contributed by atoms with Gasteiger partial charge in [0.25, 0.3) is 5.91 Å². The number of hydrogen-bond donors (Lipinski definition) is 2. The van der Waals surface area contributed by atoms with E-state index in [1.165, 1.54) is 11.3 Å². The summed E-state index contributed by atoms with van der Waals surface area (Å²) in [5, 5.41) is 10.4. The first-order valence-electron chi connectivity index (χ1n) is 5.60. The van der Waals surface area contributed by atoms with Crippen LogP contribution in [0.4, 0.5) is 0 Å². The van der Waals surface area contributed by atoms with Gasteiger partial charge in [-0.2, -0.15) is 0 Å². The van der Waals surface area contributed by atoms with Crippen LogP contribution in [0.15, 0.2) is 18.5 Å². The molecule has 0 radical (unpaired) electrons. The van der Waals surface area contributed by atoms with E-state index in [9.17, 15) is 4.79 Å². The molecule has 1 amide bonds. The number of aromatic nitrogens is 3. The molecule has 0 atom stereocenters. The van der Waals surface area contributed by atoms with Crippen LogP contribution >= 0.6 is 11.3 Å². The first-order chi connectivity index (χ1) is 9.20. The Hall–Kier alpha value is -2.17. The summed E-state index contributed by atoms with van der Waals surface area (Å²) in [6.07, 6.45) is 1.59. The third-order valence-corrected chi connectivity index (χ3v) is 3.36. The molecule has 19 heavy (non-hydrogen) atoms. The van der Waals surface area contributed by atoms with Crippen molar-refractivity contribution in [3.05, 3.63) is 34.0 Å². The highest BCUT2D eigenvalue weighted by Crippen LogP contribution is 2.15. The molecule has 7 heteroatoms. The number of nitrogens with one attached hydrogen (secondary N) is 1. The van der Waals surface area contributed by atoms with Gasteiger partial charge in [0.05, 0.1) is 22.8 Å². The van der Waals surface area contributed by atoms with Crippen molar-refractivity contribution in [1.29, 1.82) is 0 Å². The second kappa shape index (κ2) is 6.13. The van der Waals surface area contributed by atoms with E-state index in [1.54, 1.807) is 17.0 Å². The minimum absolute atomic E-state index is 0.145. The summed E-state index contributed by atoms with van der Waals surface area (Å²) in [5.74, 6) is 6.21. The highest BCUT2D eigenvalue weighted by molar-refractivity contribution is 7.14. The van der Waals surface area contributed by atoms with Crippen LogP contribution in [0, 0.1) is 11.8 Å². The van der Waals surface area contributed by atoms with Crippen LogP contribution in [0.2, 0.25) is 0 Å². The Balaban J connectivity index is 1.96. The van der Waals surface area contributed by atoms with Crippen LogP contribution in [0.1, 0.15) is 20.4 Å². The zero-order valence-electron chi connectivity index (χ0n) is 10.4. The van der Waals surface area contributed by atoms with Gasteiger partial charge in [-0.05, 0) is 12.1 Å². The summed E-state index contributed by atoms with van der Waals surface area (Å²) in [7, 11) is 1.83. The van der Waals surface area contributed by atoms with E-state index >= 15 is 0 Å². The lowest BCUT2D eigenvalue weighted by Crippen LogP contribution is -2.23. The van der Waals surface area contributed by atoms with E-state index in [1.807, 2.05) is 13.1 Å². The normalized spacial score (nSPS) is 9.79. The van der Waals surface area contributed by atoms with Gasteiger partial charge in [-0.1, -0.05) is 11.8 Å². The molecule has 2 aromatic heterocycles. The highest BCUT2D eigenvalue weighted by atomic mass is 32.1. The first-order valence-corrected chi connectivity index (χ1v) is 6.42. The monoisotopic (exact) mass is 275 g/mol.